The molecule has 1 amide bonds. The molecule has 3 saturated carbocycles. The van der Waals surface area contributed by atoms with Gasteiger partial charge in [-0.1, -0.05) is 40.5 Å². The number of rotatable bonds is 6. The first kappa shape index (κ1) is 21.6. The second kappa shape index (κ2) is 7.83. The average molecular weight is 420 g/mol. The Morgan fingerprint density at radius 2 is 1.80 bits per heavy atom. The van der Waals surface area contributed by atoms with Gasteiger partial charge in [0.15, 0.2) is 0 Å². The molecular weight excluding hydrogens is 382 g/mol. The minimum Gasteiger partial charge on any atom is -0.462 e. The number of ether oxygens (including phenoxy) is 2. The summed E-state index contributed by atoms with van der Waals surface area (Å²) in [5.74, 6) is 3.05. The standard InChI is InChI=1S/C24H37NO5/c1-6-13-8-14(7-2)19-16-9-15(18(13)19)10-17(16)21(26)25-12(3)22(27)30-20-23(28)29-11-24(20,4)5/h12-20H,6-11H2,1-5H3,(H,25,26). The highest BCUT2D eigenvalue weighted by Crippen LogP contribution is 2.65. The van der Waals surface area contributed by atoms with Crippen molar-refractivity contribution in [3.8, 4) is 0 Å². The molecular formula is C24H37NO5. The molecule has 0 aromatic rings. The fourth-order valence-electron chi connectivity index (χ4n) is 7.23. The number of hydrogen-bond acceptors (Lipinski definition) is 5. The zero-order chi connectivity index (χ0) is 21.8. The van der Waals surface area contributed by atoms with Crippen LogP contribution in [0, 0.1) is 46.8 Å². The van der Waals surface area contributed by atoms with Crippen LogP contribution < -0.4 is 5.32 Å². The van der Waals surface area contributed by atoms with Crippen molar-refractivity contribution >= 4 is 17.8 Å². The van der Waals surface area contributed by atoms with Crippen molar-refractivity contribution in [1.29, 1.82) is 0 Å². The molecule has 6 nitrogen and oxygen atoms in total. The van der Waals surface area contributed by atoms with Gasteiger partial charge in [-0.3, -0.25) is 4.79 Å². The number of carbonyl (C=O) groups is 3. The summed E-state index contributed by atoms with van der Waals surface area (Å²) in [5, 5.41) is 2.89. The first-order valence-corrected chi connectivity index (χ1v) is 11.8. The van der Waals surface area contributed by atoms with Crippen LogP contribution in [0.1, 0.15) is 66.7 Å². The van der Waals surface area contributed by atoms with Gasteiger partial charge in [0.1, 0.15) is 12.6 Å². The average Bonchev–Trinajstić information content (AvgIpc) is 3.44. The van der Waals surface area contributed by atoms with Crippen LogP contribution in [-0.2, 0) is 23.9 Å². The van der Waals surface area contributed by atoms with Crippen LogP contribution in [0.15, 0.2) is 0 Å². The maximum atomic E-state index is 13.1. The normalized spacial score (nSPS) is 42.0. The maximum Gasteiger partial charge on any atom is 0.348 e. The molecule has 1 aliphatic heterocycles. The van der Waals surface area contributed by atoms with E-state index in [4.69, 9.17) is 9.47 Å². The van der Waals surface area contributed by atoms with E-state index in [1.54, 1.807) is 6.92 Å². The van der Waals surface area contributed by atoms with Crippen LogP contribution >= 0.6 is 0 Å². The quantitative estimate of drug-likeness (QED) is 0.668. The van der Waals surface area contributed by atoms with Gasteiger partial charge in [-0.2, -0.15) is 0 Å². The van der Waals surface area contributed by atoms with Crippen LogP contribution in [0.2, 0.25) is 0 Å². The number of esters is 2. The van der Waals surface area contributed by atoms with Gasteiger partial charge in [0.25, 0.3) is 0 Å². The topological polar surface area (TPSA) is 81.7 Å². The Morgan fingerprint density at radius 1 is 1.13 bits per heavy atom. The lowest BCUT2D eigenvalue weighted by molar-refractivity contribution is -0.165. The predicted octanol–water partition coefficient (Wildman–Crippen LogP) is 3.33. The SMILES string of the molecule is CCC1CC(CC)C2C3CC(CC3C(=O)NC(C)C(=O)OC3C(=O)OCC3(C)C)C12. The Bertz CT molecular complexity index is 718. The lowest BCUT2D eigenvalue weighted by Gasteiger charge is -2.35. The van der Waals surface area contributed by atoms with Crippen LogP contribution in [0.4, 0.5) is 0 Å². The van der Waals surface area contributed by atoms with Crippen LogP contribution in [-0.4, -0.2) is 36.6 Å². The van der Waals surface area contributed by atoms with Crippen molar-refractivity contribution < 1.29 is 23.9 Å². The highest BCUT2D eigenvalue weighted by atomic mass is 16.6. The molecule has 3 aliphatic carbocycles. The monoisotopic (exact) mass is 419 g/mol. The van der Waals surface area contributed by atoms with Gasteiger partial charge in [0.2, 0.25) is 12.0 Å². The third kappa shape index (κ3) is 3.44. The molecule has 1 saturated heterocycles. The Kier molecular flexibility index (Phi) is 5.65. The third-order valence-electron chi connectivity index (χ3n) is 8.67. The molecule has 0 aromatic heterocycles. The van der Waals surface area contributed by atoms with E-state index in [1.807, 2.05) is 13.8 Å². The van der Waals surface area contributed by atoms with E-state index in [0.29, 0.717) is 17.8 Å². The lowest BCUT2D eigenvalue weighted by atomic mass is 9.70. The number of hydrogen-bond donors (Lipinski definition) is 1. The van der Waals surface area contributed by atoms with Gasteiger partial charge in [0.05, 0.1) is 0 Å². The molecule has 0 aromatic carbocycles. The number of fused-ring (bicyclic) bond motifs is 5. The van der Waals surface area contributed by atoms with E-state index >= 15 is 0 Å². The van der Waals surface area contributed by atoms with E-state index < -0.39 is 29.5 Å². The van der Waals surface area contributed by atoms with E-state index in [1.165, 1.54) is 25.7 Å². The van der Waals surface area contributed by atoms with Gasteiger partial charge in [0, 0.05) is 11.3 Å². The van der Waals surface area contributed by atoms with Gasteiger partial charge in [-0.15, -0.1) is 0 Å². The van der Waals surface area contributed by atoms with Gasteiger partial charge >= 0.3 is 11.9 Å². The third-order valence-corrected chi connectivity index (χ3v) is 8.67. The highest BCUT2D eigenvalue weighted by molar-refractivity contribution is 5.88. The summed E-state index contributed by atoms with van der Waals surface area (Å²) in [6.07, 6.45) is 4.98. The highest BCUT2D eigenvalue weighted by Gasteiger charge is 2.61. The Hall–Kier alpha value is -1.59. The molecule has 1 heterocycles. The second-order valence-electron chi connectivity index (χ2n) is 10.9. The molecule has 0 spiro atoms. The minimum atomic E-state index is -0.914. The fourth-order valence-corrected chi connectivity index (χ4v) is 7.23. The minimum absolute atomic E-state index is 0.00374. The van der Waals surface area contributed by atoms with Crippen molar-refractivity contribution in [2.75, 3.05) is 6.61 Å². The molecule has 4 aliphatic rings. The van der Waals surface area contributed by atoms with E-state index in [0.717, 1.165) is 24.2 Å². The fraction of sp³-hybridized carbons (Fsp3) is 0.875. The molecule has 0 radical (unpaired) electrons. The molecule has 168 valence electrons. The maximum absolute atomic E-state index is 13.1. The van der Waals surface area contributed by atoms with Crippen molar-refractivity contribution in [2.45, 2.75) is 78.9 Å². The summed E-state index contributed by atoms with van der Waals surface area (Å²) < 4.78 is 10.5. The van der Waals surface area contributed by atoms with E-state index in [2.05, 4.69) is 19.2 Å². The largest absolute Gasteiger partial charge is 0.462 e. The zero-order valence-corrected chi connectivity index (χ0v) is 19.0. The van der Waals surface area contributed by atoms with E-state index in [9.17, 15) is 14.4 Å². The summed E-state index contributed by atoms with van der Waals surface area (Å²) in [6, 6.07) is -0.773. The smallest absolute Gasteiger partial charge is 0.348 e. The second-order valence-corrected chi connectivity index (χ2v) is 10.9. The van der Waals surface area contributed by atoms with Crippen LogP contribution in [0.25, 0.3) is 0 Å². The summed E-state index contributed by atoms with van der Waals surface area (Å²) >= 11 is 0. The lowest BCUT2D eigenvalue weighted by Crippen LogP contribution is -2.47. The number of nitrogens with one attached hydrogen (secondary N) is 1. The van der Waals surface area contributed by atoms with E-state index in [-0.39, 0.29) is 18.4 Å². The van der Waals surface area contributed by atoms with Crippen molar-refractivity contribution in [3.05, 3.63) is 0 Å². The zero-order valence-electron chi connectivity index (χ0n) is 19.0. The Labute approximate surface area is 179 Å². The van der Waals surface area contributed by atoms with Crippen molar-refractivity contribution in [3.63, 3.8) is 0 Å². The molecule has 9 atom stereocenters. The molecule has 2 bridgehead atoms. The molecule has 4 fully saturated rings. The molecule has 1 N–H and O–H groups in total. The summed E-state index contributed by atoms with van der Waals surface area (Å²) in [5.41, 5.74) is -0.552. The first-order chi connectivity index (χ1) is 14.2. The molecule has 4 rings (SSSR count). The molecule has 30 heavy (non-hydrogen) atoms. The predicted molar refractivity (Wildman–Crippen MR) is 111 cm³/mol. The summed E-state index contributed by atoms with van der Waals surface area (Å²) in [4.78, 5) is 37.6. The van der Waals surface area contributed by atoms with Gasteiger partial charge in [-0.05, 0) is 61.7 Å². The molecule has 9 unspecified atom stereocenters. The summed E-state index contributed by atoms with van der Waals surface area (Å²) in [6.45, 7) is 10.1. The Balaban J connectivity index is 1.37. The Morgan fingerprint density at radius 3 is 2.40 bits per heavy atom. The van der Waals surface area contributed by atoms with Crippen molar-refractivity contribution in [2.24, 2.45) is 46.8 Å². The van der Waals surface area contributed by atoms with Gasteiger partial charge < -0.3 is 14.8 Å². The van der Waals surface area contributed by atoms with Crippen LogP contribution in [0.5, 0.6) is 0 Å². The number of carbonyl (C=O) groups excluding carboxylic acids is 3. The van der Waals surface area contributed by atoms with Crippen LogP contribution in [0.3, 0.4) is 0 Å². The summed E-state index contributed by atoms with van der Waals surface area (Å²) in [7, 11) is 0. The number of cyclic esters (lactones) is 1. The molecule has 6 heteroatoms. The first-order valence-electron chi connectivity index (χ1n) is 11.8. The van der Waals surface area contributed by atoms with Gasteiger partial charge in [-0.25, -0.2) is 9.59 Å². The van der Waals surface area contributed by atoms with Crippen molar-refractivity contribution in [1.82, 2.24) is 5.32 Å². The number of amides is 1.